The lowest BCUT2D eigenvalue weighted by Crippen LogP contribution is -2.35. The molecular formula is C18H32O3Si. The Labute approximate surface area is 136 Å². The van der Waals surface area contributed by atoms with Gasteiger partial charge in [-0.1, -0.05) is 44.8 Å². The highest BCUT2D eigenvalue weighted by molar-refractivity contribution is 6.81. The minimum Gasteiger partial charge on any atom is -0.481 e. The molecule has 0 aromatic carbocycles. The molecule has 1 rings (SSSR count). The lowest BCUT2D eigenvalue weighted by Gasteiger charge is -2.40. The number of allylic oxidation sites excluding steroid dienone is 1. The van der Waals surface area contributed by atoms with Crippen molar-refractivity contribution in [2.24, 2.45) is 23.7 Å². The van der Waals surface area contributed by atoms with Crippen molar-refractivity contribution in [2.75, 3.05) is 0 Å². The first-order chi connectivity index (χ1) is 10.0. The van der Waals surface area contributed by atoms with Crippen molar-refractivity contribution in [3.8, 4) is 0 Å². The summed E-state index contributed by atoms with van der Waals surface area (Å²) in [5.74, 6) is 0.238. The van der Waals surface area contributed by atoms with E-state index in [1.165, 1.54) is 5.57 Å². The summed E-state index contributed by atoms with van der Waals surface area (Å²) in [5, 5.41) is 9.45. The van der Waals surface area contributed by atoms with Gasteiger partial charge < -0.3 is 9.90 Å². The van der Waals surface area contributed by atoms with Crippen molar-refractivity contribution < 1.29 is 14.7 Å². The van der Waals surface area contributed by atoms with Crippen molar-refractivity contribution >= 4 is 19.8 Å². The molecule has 1 N–H and O–H groups in total. The fourth-order valence-electron chi connectivity index (χ4n) is 3.65. The smallest absolute Gasteiger partial charge is 0.306 e. The maximum atomic E-state index is 11.5. The van der Waals surface area contributed by atoms with E-state index in [-0.39, 0.29) is 17.6 Å². The van der Waals surface area contributed by atoms with Gasteiger partial charge in [0, 0.05) is 6.42 Å². The molecule has 1 fully saturated rings. The normalized spacial score (nSPS) is 29.4. The highest BCUT2D eigenvalue weighted by Crippen LogP contribution is 2.44. The van der Waals surface area contributed by atoms with Crippen molar-refractivity contribution in [1.82, 2.24) is 0 Å². The summed E-state index contributed by atoms with van der Waals surface area (Å²) < 4.78 is 0. The summed E-state index contributed by atoms with van der Waals surface area (Å²) in [7, 11) is -1.43. The standard InChI is InChI=1S/C18H32O3Si/c1-12-7-9-16(14(3)18(20)21)17(11-22(4,5)6)15(12)10-8-13(2)19/h11-12,14-16H,7-10H2,1-6H3,(H,20,21)/b17-11+/t12-,14?,15+,16+/m1/s1. The summed E-state index contributed by atoms with van der Waals surface area (Å²) in [4.78, 5) is 22.9. The van der Waals surface area contributed by atoms with Crippen molar-refractivity contribution in [1.29, 1.82) is 0 Å². The number of ketones is 1. The van der Waals surface area contributed by atoms with Gasteiger partial charge in [0.15, 0.2) is 0 Å². The first-order valence-corrected chi connectivity index (χ1v) is 12.1. The van der Waals surface area contributed by atoms with Gasteiger partial charge in [-0.25, -0.2) is 0 Å². The number of carbonyl (C=O) groups is 2. The van der Waals surface area contributed by atoms with Crippen LogP contribution in [0.4, 0.5) is 0 Å². The fourth-order valence-corrected chi connectivity index (χ4v) is 5.08. The van der Waals surface area contributed by atoms with Crippen LogP contribution in [0.25, 0.3) is 0 Å². The van der Waals surface area contributed by atoms with Crippen LogP contribution in [0, 0.1) is 23.7 Å². The van der Waals surface area contributed by atoms with Crippen LogP contribution in [0.15, 0.2) is 11.3 Å². The number of carboxylic acid groups (broad SMARTS) is 1. The molecule has 0 saturated heterocycles. The second-order valence-corrected chi connectivity index (χ2v) is 13.2. The molecule has 0 aliphatic heterocycles. The molecule has 1 aliphatic carbocycles. The van der Waals surface area contributed by atoms with Crippen LogP contribution in [-0.4, -0.2) is 24.9 Å². The van der Waals surface area contributed by atoms with E-state index < -0.39 is 14.0 Å². The Morgan fingerprint density at radius 2 is 1.91 bits per heavy atom. The molecule has 0 amide bonds. The summed E-state index contributed by atoms with van der Waals surface area (Å²) in [6, 6.07) is 0. The molecule has 0 bridgehead atoms. The van der Waals surface area contributed by atoms with Gasteiger partial charge >= 0.3 is 5.97 Å². The topological polar surface area (TPSA) is 54.4 Å². The van der Waals surface area contributed by atoms with Crippen LogP contribution in [-0.2, 0) is 9.59 Å². The first kappa shape index (κ1) is 19.1. The largest absolute Gasteiger partial charge is 0.481 e. The predicted molar refractivity (Wildman–Crippen MR) is 93.5 cm³/mol. The molecule has 126 valence electrons. The Bertz CT molecular complexity index is 448. The van der Waals surface area contributed by atoms with E-state index in [0.29, 0.717) is 18.3 Å². The molecular weight excluding hydrogens is 292 g/mol. The van der Waals surface area contributed by atoms with Gasteiger partial charge in [0.1, 0.15) is 5.78 Å². The minimum atomic E-state index is -1.43. The zero-order valence-electron chi connectivity index (χ0n) is 15.0. The number of carbonyl (C=O) groups excluding carboxylic acids is 1. The van der Waals surface area contributed by atoms with Crippen molar-refractivity contribution in [2.45, 2.75) is 66.1 Å². The Hall–Kier alpha value is -0.903. The number of hydrogen-bond acceptors (Lipinski definition) is 2. The fraction of sp³-hybridized carbons (Fsp3) is 0.778. The molecule has 0 radical (unpaired) electrons. The van der Waals surface area contributed by atoms with Crippen molar-refractivity contribution in [3.63, 3.8) is 0 Å². The molecule has 22 heavy (non-hydrogen) atoms. The van der Waals surface area contributed by atoms with Crippen LogP contribution < -0.4 is 0 Å². The first-order valence-electron chi connectivity index (χ1n) is 8.47. The van der Waals surface area contributed by atoms with Crippen molar-refractivity contribution in [3.05, 3.63) is 11.3 Å². The van der Waals surface area contributed by atoms with E-state index in [0.717, 1.165) is 19.3 Å². The summed E-state index contributed by atoms with van der Waals surface area (Å²) in [6.45, 7) is 12.6. The molecule has 0 aromatic rings. The number of rotatable bonds is 6. The third kappa shape index (κ3) is 5.38. The van der Waals surface area contributed by atoms with Gasteiger partial charge in [0.25, 0.3) is 0 Å². The zero-order valence-corrected chi connectivity index (χ0v) is 16.0. The zero-order chi connectivity index (χ0) is 17.1. The highest BCUT2D eigenvalue weighted by Gasteiger charge is 2.38. The minimum absolute atomic E-state index is 0.136. The molecule has 0 aromatic heterocycles. The molecule has 3 nitrogen and oxygen atoms in total. The molecule has 4 heteroatoms. The molecule has 4 atom stereocenters. The number of hydrogen-bond donors (Lipinski definition) is 1. The molecule has 1 unspecified atom stereocenters. The predicted octanol–water partition coefficient (Wildman–Crippen LogP) is 4.54. The quantitative estimate of drug-likeness (QED) is 0.730. The Morgan fingerprint density at radius 3 is 2.36 bits per heavy atom. The van der Waals surface area contributed by atoms with E-state index in [1.54, 1.807) is 6.92 Å². The Kier molecular flexibility index (Phi) is 6.60. The SMILES string of the molecule is CC(=O)CC[C@@H]1/C(=C\[Si](C)(C)C)[C@H](C(C)C(=O)O)CC[C@H]1C. The summed E-state index contributed by atoms with van der Waals surface area (Å²) in [5.41, 5.74) is 3.76. The monoisotopic (exact) mass is 324 g/mol. The second-order valence-electron chi connectivity index (χ2n) is 8.15. The van der Waals surface area contributed by atoms with Gasteiger partial charge in [-0.15, -0.1) is 0 Å². The van der Waals surface area contributed by atoms with E-state index in [2.05, 4.69) is 32.3 Å². The maximum Gasteiger partial charge on any atom is 0.306 e. The molecule has 0 spiro atoms. The van der Waals surface area contributed by atoms with Gasteiger partial charge in [-0.3, -0.25) is 4.79 Å². The van der Waals surface area contributed by atoms with E-state index in [9.17, 15) is 14.7 Å². The van der Waals surface area contributed by atoms with E-state index in [4.69, 9.17) is 0 Å². The van der Waals surface area contributed by atoms with Gasteiger partial charge in [0.05, 0.1) is 14.0 Å². The molecule has 0 heterocycles. The van der Waals surface area contributed by atoms with Crippen LogP contribution in [0.1, 0.15) is 46.5 Å². The van der Waals surface area contributed by atoms with Crippen LogP contribution in [0.3, 0.4) is 0 Å². The molecule has 1 aliphatic rings. The maximum absolute atomic E-state index is 11.5. The number of Topliss-reactive ketones (excluding diaryl/α,β-unsaturated/α-hetero) is 1. The van der Waals surface area contributed by atoms with Crippen LogP contribution >= 0.6 is 0 Å². The summed E-state index contributed by atoms with van der Waals surface area (Å²) >= 11 is 0. The number of carboxylic acids is 1. The van der Waals surface area contributed by atoms with Crippen LogP contribution in [0.2, 0.25) is 19.6 Å². The van der Waals surface area contributed by atoms with Crippen LogP contribution in [0.5, 0.6) is 0 Å². The van der Waals surface area contributed by atoms with Gasteiger partial charge in [-0.05, 0) is 43.9 Å². The Balaban J connectivity index is 3.15. The Morgan fingerprint density at radius 1 is 1.32 bits per heavy atom. The lowest BCUT2D eigenvalue weighted by atomic mass is 9.66. The van der Waals surface area contributed by atoms with E-state index >= 15 is 0 Å². The average Bonchev–Trinajstić information content (AvgIpc) is 2.35. The lowest BCUT2D eigenvalue weighted by molar-refractivity contribution is -0.143. The highest BCUT2D eigenvalue weighted by atomic mass is 28.3. The molecule has 1 saturated carbocycles. The third-order valence-corrected chi connectivity index (χ3v) is 6.08. The second kappa shape index (κ2) is 7.58. The van der Waals surface area contributed by atoms with E-state index in [1.807, 2.05) is 6.92 Å². The summed E-state index contributed by atoms with van der Waals surface area (Å²) in [6.07, 6.45) is 3.50. The van der Waals surface area contributed by atoms with Gasteiger partial charge in [-0.2, -0.15) is 0 Å². The van der Waals surface area contributed by atoms with Gasteiger partial charge in [0.2, 0.25) is 0 Å². The third-order valence-electron chi connectivity index (χ3n) is 4.88. The average molecular weight is 325 g/mol. The number of aliphatic carboxylic acids is 1.